The normalized spacial score (nSPS) is 13.9. The summed E-state index contributed by atoms with van der Waals surface area (Å²) in [5.74, 6) is 0. The monoisotopic (exact) mass is 280 g/mol. The Kier molecular flexibility index (Phi) is 7.18. The third kappa shape index (κ3) is 5.27. The summed E-state index contributed by atoms with van der Waals surface area (Å²) in [6, 6.07) is 6.98. The van der Waals surface area contributed by atoms with E-state index in [2.05, 4.69) is 12.2 Å². The topological polar surface area (TPSA) is 64.4 Å². The lowest BCUT2D eigenvalue weighted by atomic mass is 10.0. The van der Waals surface area contributed by atoms with Gasteiger partial charge in [0.2, 0.25) is 0 Å². The van der Waals surface area contributed by atoms with Crippen LogP contribution in [0.5, 0.6) is 0 Å². The zero-order valence-electron chi connectivity index (χ0n) is 12.5. The first kappa shape index (κ1) is 16.6. The summed E-state index contributed by atoms with van der Waals surface area (Å²) < 4.78 is 5.50. The van der Waals surface area contributed by atoms with Crippen molar-refractivity contribution in [3.05, 3.63) is 39.9 Å². The van der Waals surface area contributed by atoms with Crippen LogP contribution in [0, 0.1) is 10.1 Å². The lowest BCUT2D eigenvalue weighted by Gasteiger charge is -2.21. The lowest BCUT2D eigenvalue weighted by molar-refractivity contribution is -0.384. The molecule has 5 nitrogen and oxygen atoms in total. The minimum Gasteiger partial charge on any atom is -0.377 e. The third-order valence-electron chi connectivity index (χ3n) is 3.16. The molecule has 5 heteroatoms. The fraction of sp³-hybridized carbons (Fsp3) is 0.600. The fourth-order valence-corrected chi connectivity index (χ4v) is 2.18. The molecule has 2 unspecified atom stereocenters. The minimum atomic E-state index is -0.352. The number of hydrogen-bond donors (Lipinski definition) is 1. The highest BCUT2D eigenvalue weighted by Gasteiger charge is 2.15. The van der Waals surface area contributed by atoms with E-state index in [-0.39, 0.29) is 22.8 Å². The molecule has 112 valence electrons. The van der Waals surface area contributed by atoms with Crippen molar-refractivity contribution in [1.29, 1.82) is 0 Å². The number of nitrogens with one attached hydrogen (secondary N) is 1. The molecular formula is C15H24N2O3. The average Bonchev–Trinajstić information content (AvgIpc) is 2.44. The van der Waals surface area contributed by atoms with Crippen LogP contribution < -0.4 is 5.32 Å². The summed E-state index contributed by atoms with van der Waals surface area (Å²) in [6.07, 6.45) is 2.10. The molecule has 0 amide bonds. The van der Waals surface area contributed by atoms with Gasteiger partial charge in [-0.05, 0) is 25.8 Å². The third-order valence-corrected chi connectivity index (χ3v) is 3.16. The summed E-state index contributed by atoms with van der Waals surface area (Å²) in [5.41, 5.74) is 1.10. The number of rotatable bonds is 9. The van der Waals surface area contributed by atoms with Gasteiger partial charge in [-0.25, -0.2) is 0 Å². The highest BCUT2D eigenvalue weighted by Crippen LogP contribution is 2.22. The summed E-state index contributed by atoms with van der Waals surface area (Å²) in [5, 5.41) is 14.3. The van der Waals surface area contributed by atoms with Gasteiger partial charge in [-0.15, -0.1) is 0 Å². The van der Waals surface area contributed by atoms with E-state index in [1.165, 1.54) is 6.07 Å². The smallest absolute Gasteiger partial charge is 0.269 e. The second kappa shape index (κ2) is 8.66. The highest BCUT2D eigenvalue weighted by molar-refractivity contribution is 5.35. The van der Waals surface area contributed by atoms with Gasteiger partial charge < -0.3 is 10.1 Å². The summed E-state index contributed by atoms with van der Waals surface area (Å²) in [7, 11) is 0. The number of benzene rings is 1. The lowest BCUT2D eigenvalue weighted by Crippen LogP contribution is -2.30. The van der Waals surface area contributed by atoms with Crippen LogP contribution in [0.4, 0.5) is 5.69 Å². The fourth-order valence-electron chi connectivity index (χ4n) is 2.18. The summed E-state index contributed by atoms with van der Waals surface area (Å²) in [4.78, 5) is 10.5. The Morgan fingerprint density at radius 3 is 2.75 bits per heavy atom. The molecule has 1 rings (SSSR count). The van der Waals surface area contributed by atoms with Crippen LogP contribution in [-0.2, 0) is 4.74 Å². The summed E-state index contributed by atoms with van der Waals surface area (Å²) in [6.45, 7) is 7.53. The molecule has 0 saturated carbocycles. The molecule has 1 aromatic rings. The maximum absolute atomic E-state index is 10.9. The van der Waals surface area contributed by atoms with E-state index in [0.29, 0.717) is 6.61 Å². The van der Waals surface area contributed by atoms with Crippen molar-refractivity contribution in [3.63, 3.8) is 0 Å². The van der Waals surface area contributed by atoms with Crippen molar-refractivity contribution < 1.29 is 9.66 Å². The first-order chi connectivity index (χ1) is 9.58. The largest absolute Gasteiger partial charge is 0.377 e. The molecule has 20 heavy (non-hydrogen) atoms. The van der Waals surface area contributed by atoms with Gasteiger partial charge in [0.1, 0.15) is 0 Å². The molecule has 0 aliphatic carbocycles. The van der Waals surface area contributed by atoms with E-state index in [1.807, 2.05) is 19.9 Å². The Morgan fingerprint density at radius 1 is 1.40 bits per heavy atom. The number of nitro groups is 1. The first-order valence-electron chi connectivity index (χ1n) is 7.17. The van der Waals surface area contributed by atoms with Crippen LogP contribution >= 0.6 is 0 Å². The highest BCUT2D eigenvalue weighted by atomic mass is 16.6. The van der Waals surface area contributed by atoms with Gasteiger partial charge in [-0.2, -0.15) is 0 Å². The van der Waals surface area contributed by atoms with E-state index in [1.54, 1.807) is 12.1 Å². The van der Waals surface area contributed by atoms with Crippen molar-refractivity contribution in [2.24, 2.45) is 0 Å². The number of nitro benzene ring substituents is 1. The van der Waals surface area contributed by atoms with Crippen LogP contribution in [0.3, 0.4) is 0 Å². The maximum Gasteiger partial charge on any atom is 0.269 e. The number of nitrogens with zero attached hydrogens (tertiary/aromatic N) is 1. The SMILES string of the molecule is CCCC(NCC(C)OCC)c1cccc([N+](=O)[O-])c1. The molecular weight excluding hydrogens is 256 g/mol. The molecule has 0 spiro atoms. The second-order valence-corrected chi connectivity index (χ2v) is 4.87. The zero-order chi connectivity index (χ0) is 15.0. The Balaban J connectivity index is 2.74. The van der Waals surface area contributed by atoms with E-state index >= 15 is 0 Å². The van der Waals surface area contributed by atoms with E-state index in [4.69, 9.17) is 4.74 Å². The van der Waals surface area contributed by atoms with Gasteiger partial charge in [0.15, 0.2) is 0 Å². The standard InChI is InChI=1S/C15H24N2O3/c1-4-7-15(16-11-12(3)20-5-2)13-8-6-9-14(10-13)17(18)19/h6,8-10,12,15-16H,4-5,7,11H2,1-3H3. The predicted octanol–water partition coefficient (Wildman–Crippen LogP) is 3.45. The Morgan fingerprint density at radius 2 is 2.15 bits per heavy atom. The van der Waals surface area contributed by atoms with Crippen LogP contribution in [-0.4, -0.2) is 24.2 Å². The number of non-ortho nitro benzene ring substituents is 1. The Bertz CT molecular complexity index is 423. The predicted molar refractivity (Wildman–Crippen MR) is 79.8 cm³/mol. The van der Waals surface area contributed by atoms with Gasteiger partial charge in [-0.3, -0.25) is 10.1 Å². The van der Waals surface area contributed by atoms with Crippen LogP contribution in [0.2, 0.25) is 0 Å². The Hall–Kier alpha value is -1.46. The van der Waals surface area contributed by atoms with Gasteiger partial charge in [0.05, 0.1) is 11.0 Å². The van der Waals surface area contributed by atoms with Crippen LogP contribution in [0.15, 0.2) is 24.3 Å². The maximum atomic E-state index is 10.9. The molecule has 0 radical (unpaired) electrons. The van der Waals surface area contributed by atoms with Gasteiger partial charge in [-0.1, -0.05) is 25.5 Å². The number of hydrogen-bond acceptors (Lipinski definition) is 4. The van der Waals surface area contributed by atoms with Crippen molar-refractivity contribution in [3.8, 4) is 0 Å². The molecule has 0 saturated heterocycles. The zero-order valence-corrected chi connectivity index (χ0v) is 12.5. The first-order valence-corrected chi connectivity index (χ1v) is 7.17. The van der Waals surface area contributed by atoms with Crippen molar-refractivity contribution in [2.75, 3.05) is 13.2 Å². The van der Waals surface area contributed by atoms with Crippen molar-refractivity contribution in [2.45, 2.75) is 45.8 Å². The molecule has 0 fully saturated rings. The molecule has 1 N–H and O–H groups in total. The molecule has 0 heterocycles. The molecule has 0 bridgehead atoms. The molecule has 0 aliphatic heterocycles. The molecule has 0 aromatic heterocycles. The van der Waals surface area contributed by atoms with Crippen LogP contribution in [0.25, 0.3) is 0 Å². The molecule has 2 atom stereocenters. The van der Waals surface area contributed by atoms with E-state index in [9.17, 15) is 10.1 Å². The van der Waals surface area contributed by atoms with Crippen molar-refractivity contribution >= 4 is 5.69 Å². The second-order valence-electron chi connectivity index (χ2n) is 4.87. The molecule has 1 aromatic carbocycles. The van der Waals surface area contributed by atoms with Gasteiger partial charge in [0.25, 0.3) is 5.69 Å². The van der Waals surface area contributed by atoms with Crippen LogP contribution in [0.1, 0.15) is 45.2 Å². The van der Waals surface area contributed by atoms with Crippen molar-refractivity contribution in [1.82, 2.24) is 5.32 Å². The van der Waals surface area contributed by atoms with E-state index < -0.39 is 0 Å². The van der Waals surface area contributed by atoms with Gasteiger partial charge in [0, 0.05) is 31.3 Å². The number of ether oxygens (including phenoxy) is 1. The Labute approximate surface area is 120 Å². The quantitative estimate of drug-likeness (QED) is 0.556. The van der Waals surface area contributed by atoms with Gasteiger partial charge >= 0.3 is 0 Å². The minimum absolute atomic E-state index is 0.128. The summed E-state index contributed by atoms with van der Waals surface area (Å²) >= 11 is 0. The van der Waals surface area contributed by atoms with E-state index in [0.717, 1.165) is 24.9 Å². The average molecular weight is 280 g/mol. The molecule has 0 aliphatic rings.